The second kappa shape index (κ2) is 5.94. The van der Waals surface area contributed by atoms with Crippen molar-refractivity contribution in [3.05, 3.63) is 23.8 Å². The molecule has 5 nitrogen and oxygen atoms in total. The lowest BCUT2D eigenvalue weighted by molar-refractivity contribution is -0.137. The zero-order chi connectivity index (χ0) is 14.7. The fourth-order valence-corrected chi connectivity index (χ4v) is 2.44. The first kappa shape index (κ1) is 14.4. The number of rotatable bonds is 5. The van der Waals surface area contributed by atoms with Crippen LogP contribution in [0.2, 0.25) is 0 Å². The van der Waals surface area contributed by atoms with Crippen LogP contribution in [0.4, 0.5) is 5.69 Å². The Morgan fingerprint density at radius 3 is 2.90 bits per heavy atom. The summed E-state index contributed by atoms with van der Waals surface area (Å²) in [5.74, 6) is -0.352. The Labute approximate surface area is 118 Å². The van der Waals surface area contributed by atoms with E-state index in [9.17, 15) is 9.59 Å². The van der Waals surface area contributed by atoms with Crippen LogP contribution in [0.15, 0.2) is 18.2 Å². The van der Waals surface area contributed by atoms with Gasteiger partial charge in [-0.3, -0.25) is 14.5 Å². The Bertz CT molecular complexity index is 527. The average molecular weight is 277 g/mol. The first-order chi connectivity index (χ1) is 9.52. The molecule has 0 aromatic heterocycles. The van der Waals surface area contributed by atoms with Crippen molar-refractivity contribution in [1.82, 2.24) is 0 Å². The van der Waals surface area contributed by atoms with Gasteiger partial charge in [0.1, 0.15) is 12.3 Å². The molecule has 0 saturated carbocycles. The maximum absolute atomic E-state index is 11.8. The molecule has 1 aromatic rings. The summed E-state index contributed by atoms with van der Waals surface area (Å²) in [7, 11) is 0. The van der Waals surface area contributed by atoms with Crippen molar-refractivity contribution in [2.45, 2.75) is 32.6 Å². The van der Waals surface area contributed by atoms with Crippen LogP contribution in [-0.4, -0.2) is 30.1 Å². The smallest absolute Gasteiger partial charge is 0.323 e. The molecule has 0 aliphatic carbocycles. The molecule has 1 atom stereocenters. The second-order valence-corrected chi connectivity index (χ2v) is 5.08. The van der Waals surface area contributed by atoms with E-state index in [1.165, 1.54) is 4.90 Å². The van der Waals surface area contributed by atoms with Gasteiger partial charge >= 0.3 is 5.97 Å². The quantitative estimate of drug-likeness (QED) is 0.897. The fraction of sp³-hybridized carbons (Fsp3) is 0.467. The second-order valence-electron chi connectivity index (χ2n) is 5.08. The van der Waals surface area contributed by atoms with Crippen LogP contribution in [0, 0.1) is 0 Å². The van der Waals surface area contributed by atoms with Gasteiger partial charge in [-0.15, -0.1) is 0 Å². The van der Waals surface area contributed by atoms with Gasteiger partial charge in [0, 0.05) is 0 Å². The summed E-state index contributed by atoms with van der Waals surface area (Å²) < 4.78 is 5.43. The molecule has 2 rings (SSSR count). The molecule has 0 fully saturated rings. The highest BCUT2D eigenvalue weighted by atomic mass is 16.5. The fourth-order valence-electron chi connectivity index (χ4n) is 2.44. The average Bonchev–Trinajstić information content (AvgIpc) is 2.41. The third-order valence-corrected chi connectivity index (χ3v) is 3.51. The number of aliphatic carboxylic acids is 1. The van der Waals surface area contributed by atoms with Gasteiger partial charge in [-0.2, -0.15) is 0 Å². The Morgan fingerprint density at radius 2 is 2.25 bits per heavy atom. The minimum Gasteiger partial charge on any atom is -0.482 e. The molecule has 108 valence electrons. The van der Waals surface area contributed by atoms with Crippen LogP contribution in [0.25, 0.3) is 0 Å². The third-order valence-electron chi connectivity index (χ3n) is 3.51. The van der Waals surface area contributed by atoms with E-state index in [2.05, 4.69) is 13.8 Å². The van der Waals surface area contributed by atoms with E-state index >= 15 is 0 Å². The highest BCUT2D eigenvalue weighted by Crippen LogP contribution is 2.35. The standard InChI is InChI=1S/C15H19NO4/c1-3-4-10(2)11-5-6-12-13(7-11)20-9-14(17)16(12)8-15(18)19/h5-7,10H,3-4,8-9H2,1-2H3,(H,18,19). The Kier molecular flexibility index (Phi) is 4.27. The third kappa shape index (κ3) is 2.92. The molecule has 0 saturated heterocycles. The van der Waals surface area contributed by atoms with Gasteiger partial charge in [-0.05, 0) is 30.0 Å². The number of ether oxygens (including phenoxy) is 1. The number of nitrogens with zero attached hydrogens (tertiary/aromatic N) is 1. The van der Waals surface area contributed by atoms with Crippen molar-refractivity contribution >= 4 is 17.6 Å². The largest absolute Gasteiger partial charge is 0.482 e. The zero-order valence-corrected chi connectivity index (χ0v) is 11.8. The summed E-state index contributed by atoms with van der Waals surface area (Å²) in [5.41, 5.74) is 1.69. The molecule has 1 heterocycles. The minimum atomic E-state index is -1.03. The number of carbonyl (C=O) groups is 2. The molecule has 0 bridgehead atoms. The van der Waals surface area contributed by atoms with Gasteiger partial charge in [0.05, 0.1) is 5.69 Å². The van der Waals surface area contributed by atoms with E-state index in [-0.39, 0.29) is 19.1 Å². The molecule has 0 spiro atoms. The Morgan fingerprint density at radius 1 is 1.50 bits per heavy atom. The van der Waals surface area contributed by atoms with Gasteiger partial charge < -0.3 is 9.84 Å². The van der Waals surface area contributed by atoms with Crippen molar-refractivity contribution in [2.75, 3.05) is 18.1 Å². The molecule has 1 aliphatic heterocycles. The van der Waals surface area contributed by atoms with E-state index in [1.807, 2.05) is 12.1 Å². The van der Waals surface area contributed by atoms with Crippen LogP contribution in [-0.2, 0) is 9.59 Å². The predicted molar refractivity (Wildman–Crippen MR) is 75.2 cm³/mol. The Hall–Kier alpha value is -2.04. The summed E-state index contributed by atoms with van der Waals surface area (Å²) in [6.07, 6.45) is 2.18. The highest BCUT2D eigenvalue weighted by molar-refractivity contribution is 6.01. The van der Waals surface area contributed by atoms with Crippen molar-refractivity contribution in [2.24, 2.45) is 0 Å². The molecule has 1 aromatic carbocycles. The van der Waals surface area contributed by atoms with Crippen LogP contribution in [0.5, 0.6) is 5.75 Å². The van der Waals surface area contributed by atoms with Crippen LogP contribution in [0.3, 0.4) is 0 Å². The number of amides is 1. The van der Waals surface area contributed by atoms with E-state index in [0.717, 1.165) is 18.4 Å². The van der Waals surface area contributed by atoms with Crippen molar-refractivity contribution in [1.29, 1.82) is 0 Å². The van der Waals surface area contributed by atoms with Gasteiger partial charge in [-0.1, -0.05) is 26.3 Å². The highest BCUT2D eigenvalue weighted by Gasteiger charge is 2.27. The van der Waals surface area contributed by atoms with E-state index in [1.54, 1.807) is 6.07 Å². The lowest BCUT2D eigenvalue weighted by Gasteiger charge is -2.28. The molecule has 20 heavy (non-hydrogen) atoms. The lowest BCUT2D eigenvalue weighted by atomic mass is 9.96. The summed E-state index contributed by atoms with van der Waals surface area (Å²) >= 11 is 0. The Balaban J connectivity index is 2.30. The molecule has 5 heteroatoms. The van der Waals surface area contributed by atoms with Gasteiger partial charge in [0.25, 0.3) is 5.91 Å². The number of fused-ring (bicyclic) bond motifs is 1. The van der Waals surface area contributed by atoms with Crippen molar-refractivity contribution in [3.63, 3.8) is 0 Å². The number of hydrogen-bond donors (Lipinski definition) is 1. The molecular formula is C15H19NO4. The number of anilines is 1. The lowest BCUT2D eigenvalue weighted by Crippen LogP contribution is -2.41. The van der Waals surface area contributed by atoms with Crippen molar-refractivity contribution < 1.29 is 19.4 Å². The van der Waals surface area contributed by atoms with Crippen molar-refractivity contribution in [3.8, 4) is 5.75 Å². The first-order valence-corrected chi connectivity index (χ1v) is 6.81. The first-order valence-electron chi connectivity index (χ1n) is 6.81. The van der Waals surface area contributed by atoms with E-state index in [0.29, 0.717) is 17.4 Å². The summed E-state index contributed by atoms with van der Waals surface area (Å²) in [6.45, 7) is 3.85. The predicted octanol–water partition coefficient (Wildman–Crippen LogP) is 2.40. The van der Waals surface area contributed by atoms with Crippen LogP contribution < -0.4 is 9.64 Å². The summed E-state index contributed by atoms with van der Waals surface area (Å²) in [6, 6.07) is 5.63. The summed E-state index contributed by atoms with van der Waals surface area (Å²) in [5, 5.41) is 8.89. The number of hydrogen-bond acceptors (Lipinski definition) is 3. The molecule has 1 N–H and O–H groups in total. The molecular weight excluding hydrogens is 258 g/mol. The number of carboxylic acid groups (broad SMARTS) is 1. The number of benzene rings is 1. The maximum Gasteiger partial charge on any atom is 0.323 e. The summed E-state index contributed by atoms with van der Waals surface area (Å²) in [4.78, 5) is 23.9. The molecule has 1 unspecified atom stereocenters. The van der Waals surface area contributed by atoms with Gasteiger partial charge in [0.2, 0.25) is 0 Å². The molecule has 1 aliphatic rings. The van der Waals surface area contributed by atoms with E-state index < -0.39 is 5.97 Å². The van der Waals surface area contributed by atoms with Gasteiger partial charge in [-0.25, -0.2) is 0 Å². The van der Waals surface area contributed by atoms with Crippen LogP contribution in [0.1, 0.15) is 38.2 Å². The van der Waals surface area contributed by atoms with E-state index in [4.69, 9.17) is 9.84 Å². The minimum absolute atomic E-state index is 0.105. The normalized spacial score (nSPS) is 15.5. The molecule has 1 amide bonds. The topological polar surface area (TPSA) is 66.8 Å². The zero-order valence-electron chi connectivity index (χ0n) is 11.8. The monoisotopic (exact) mass is 277 g/mol. The van der Waals surface area contributed by atoms with Gasteiger partial charge in [0.15, 0.2) is 6.61 Å². The number of carbonyl (C=O) groups excluding carboxylic acids is 1. The SMILES string of the molecule is CCCC(C)c1ccc2c(c1)OCC(=O)N2CC(=O)O. The number of carboxylic acids is 1. The molecule has 0 radical (unpaired) electrons. The van der Waals surface area contributed by atoms with Crippen LogP contribution >= 0.6 is 0 Å². The maximum atomic E-state index is 11.8.